The van der Waals surface area contributed by atoms with Crippen molar-refractivity contribution >= 4 is 15.9 Å². The molecular formula is C31H37BrN+. The van der Waals surface area contributed by atoms with Crippen LogP contribution in [0.4, 0.5) is 0 Å². The van der Waals surface area contributed by atoms with Gasteiger partial charge in [0.2, 0.25) is 5.69 Å². The molecular weight excluding hydrogens is 466 g/mol. The zero-order valence-corrected chi connectivity index (χ0v) is 21.5. The smallest absolute Gasteiger partial charge is 0.160 e. The zero-order valence-electron chi connectivity index (χ0n) is 19.9. The predicted octanol–water partition coefficient (Wildman–Crippen LogP) is 8.57. The number of nitrogens with zero attached hydrogens (tertiary/aromatic N) is 1. The molecule has 33 heavy (non-hydrogen) atoms. The van der Waals surface area contributed by atoms with Crippen molar-refractivity contribution in [1.29, 1.82) is 0 Å². The van der Waals surface area contributed by atoms with Gasteiger partial charge in [-0.15, -0.1) is 0 Å². The number of benzene rings is 1. The summed E-state index contributed by atoms with van der Waals surface area (Å²) in [5.41, 5.74) is 11.4. The van der Waals surface area contributed by atoms with Gasteiger partial charge in [-0.25, -0.2) is 0 Å². The van der Waals surface area contributed by atoms with Gasteiger partial charge in [0.05, 0.1) is 11.8 Å². The van der Waals surface area contributed by atoms with Crippen molar-refractivity contribution in [3.8, 4) is 5.69 Å². The van der Waals surface area contributed by atoms with Crippen LogP contribution in [0.25, 0.3) is 5.69 Å². The fraction of sp³-hybridized carbons (Fsp3) is 0.516. The van der Waals surface area contributed by atoms with Gasteiger partial charge in [-0.1, -0.05) is 39.2 Å². The Morgan fingerprint density at radius 3 is 1.67 bits per heavy atom. The van der Waals surface area contributed by atoms with Crippen molar-refractivity contribution in [2.75, 3.05) is 0 Å². The van der Waals surface area contributed by atoms with E-state index in [4.69, 9.17) is 0 Å². The van der Waals surface area contributed by atoms with E-state index in [-0.39, 0.29) is 0 Å². The van der Waals surface area contributed by atoms with Crippen LogP contribution in [0.2, 0.25) is 0 Å². The normalized spacial score (nSPS) is 25.0. The van der Waals surface area contributed by atoms with Gasteiger partial charge in [0.15, 0.2) is 11.4 Å². The molecule has 6 rings (SSSR count). The predicted molar refractivity (Wildman–Crippen MR) is 140 cm³/mol. The van der Waals surface area contributed by atoms with Gasteiger partial charge in [0.1, 0.15) is 0 Å². The Hall–Kier alpha value is -1.67. The van der Waals surface area contributed by atoms with Crippen molar-refractivity contribution < 1.29 is 4.57 Å². The summed E-state index contributed by atoms with van der Waals surface area (Å²) >= 11 is 3.69. The highest BCUT2D eigenvalue weighted by Crippen LogP contribution is 2.44. The number of fused-ring (bicyclic) bond motifs is 2. The average molecular weight is 504 g/mol. The van der Waals surface area contributed by atoms with E-state index in [1.807, 2.05) is 0 Å². The fourth-order valence-corrected chi connectivity index (χ4v) is 7.42. The molecule has 0 saturated heterocycles. The molecule has 172 valence electrons. The van der Waals surface area contributed by atoms with Crippen molar-refractivity contribution in [3.63, 3.8) is 0 Å². The Labute approximate surface area is 208 Å². The largest absolute Gasteiger partial charge is 0.211 e. The van der Waals surface area contributed by atoms with Crippen LogP contribution in [0.3, 0.4) is 0 Å². The Morgan fingerprint density at radius 1 is 0.636 bits per heavy atom. The van der Waals surface area contributed by atoms with E-state index in [0.717, 1.165) is 0 Å². The van der Waals surface area contributed by atoms with Crippen LogP contribution in [-0.2, 0) is 12.8 Å². The van der Waals surface area contributed by atoms with E-state index < -0.39 is 0 Å². The van der Waals surface area contributed by atoms with Gasteiger partial charge < -0.3 is 0 Å². The standard InChI is InChI=1S/C31H37BrN/c32-26-17-19-27(20-18-26)33-30-24(13-7-15-28(30)22-9-3-1-4-10-22)21-25-14-8-16-29(31(25)33)23-11-5-2-6-12-23/h9,11,17-21,28-29H,1-8,10,12-16H2/q+1/t28-,29-/m1/s1. The quantitative estimate of drug-likeness (QED) is 0.292. The van der Waals surface area contributed by atoms with Crippen molar-refractivity contribution in [2.45, 2.75) is 102 Å². The van der Waals surface area contributed by atoms with Gasteiger partial charge in [-0.3, -0.25) is 0 Å². The highest BCUT2D eigenvalue weighted by molar-refractivity contribution is 9.10. The molecule has 1 heterocycles. The maximum Gasteiger partial charge on any atom is 0.211 e. The Morgan fingerprint density at radius 2 is 1.18 bits per heavy atom. The van der Waals surface area contributed by atoms with Crippen molar-refractivity contribution in [2.24, 2.45) is 0 Å². The van der Waals surface area contributed by atoms with Crippen molar-refractivity contribution in [3.05, 3.63) is 80.6 Å². The summed E-state index contributed by atoms with van der Waals surface area (Å²) in [6.45, 7) is 0. The highest BCUT2D eigenvalue weighted by atomic mass is 79.9. The van der Waals surface area contributed by atoms with Crippen LogP contribution in [0, 0.1) is 0 Å². The summed E-state index contributed by atoms with van der Waals surface area (Å²) in [6, 6.07) is 11.8. The van der Waals surface area contributed by atoms with E-state index in [0.29, 0.717) is 11.8 Å². The zero-order chi connectivity index (χ0) is 22.2. The van der Waals surface area contributed by atoms with E-state index in [1.165, 1.54) is 100 Å². The molecule has 2 aromatic rings. The highest BCUT2D eigenvalue weighted by Gasteiger charge is 2.41. The second-order valence-corrected chi connectivity index (χ2v) is 11.6. The summed E-state index contributed by atoms with van der Waals surface area (Å²) in [6.07, 6.45) is 23.7. The SMILES string of the molecule is Brc1ccc(-[n+]2c3c(cc4c2[C@@H](C2=CCCCC2)CCC4)CCC[C@@H]3C2=CCCCC2)cc1. The molecule has 2 atom stereocenters. The molecule has 1 aromatic heterocycles. The summed E-state index contributed by atoms with van der Waals surface area (Å²) in [4.78, 5) is 0. The lowest BCUT2D eigenvalue weighted by Gasteiger charge is -2.32. The summed E-state index contributed by atoms with van der Waals surface area (Å²) in [5, 5.41) is 0. The number of rotatable bonds is 3. The third-order valence-corrected chi connectivity index (χ3v) is 9.19. The molecule has 0 amide bonds. The van der Waals surface area contributed by atoms with Crippen LogP contribution in [-0.4, -0.2) is 0 Å². The average Bonchev–Trinajstić information content (AvgIpc) is 2.88. The molecule has 0 N–H and O–H groups in total. The van der Waals surface area contributed by atoms with Crippen LogP contribution >= 0.6 is 15.9 Å². The molecule has 4 aliphatic rings. The van der Waals surface area contributed by atoms with E-state index in [9.17, 15) is 0 Å². The Balaban J connectivity index is 1.60. The van der Waals surface area contributed by atoms with Crippen LogP contribution in [0.5, 0.6) is 0 Å². The number of halogens is 1. The first-order valence-corrected chi connectivity index (χ1v) is 14.3. The molecule has 0 radical (unpaired) electrons. The first kappa shape index (κ1) is 21.8. The van der Waals surface area contributed by atoms with Gasteiger partial charge >= 0.3 is 0 Å². The topological polar surface area (TPSA) is 3.88 Å². The van der Waals surface area contributed by atoms with E-state index in [1.54, 1.807) is 33.7 Å². The molecule has 4 aliphatic carbocycles. The first-order valence-electron chi connectivity index (χ1n) is 13.5. The molecule has 0 unspecified atom stereocenters. The first-order chi connectivity index (χ1) is 16.3. The Kier molecular flexibility index (Phi) is 6.30. The number of aromatic nitrogens is 1. The second kappa shape index (κ2) is 9.53. The third-order valence-electron chi connectivity index (χ3n) is 8.66. The summed E-state index contributed by atoms with van der Waals surface area (Å²) in [7, 11) is 0. The summed E-state index contributed by atoms with van der Waals surface area (Å²) in [5.74, 6) is 1.21. The third kappa shape index (κ3) is 4.18. The minimum absolute atomic E-state index is 0.603. The lowest BCUT2D eigenvalue weighted by Crippen LogP contribution is -2.47. The maximum absolute atomic E-state index is 3.69. The van der Waals surface area contributed by atoms with Crippen molar-refractivity contribution in [1.82, 2.24) is 0 Å². The Bertz CT molecular complexity index is 1030. The monoisotopic (exact) mass is 502 g/mol. The molecule has 0 spiro atoms. The lowest BCUT2D eigenvalue weighted by atomic mass is 9.74. The van der Waals surface area contributed by atoms with Crippen LogP contribution in [0.1, 0.15) is 111 Å². The molecule has 2 heteroatoms. The minimum Gasteiger partial charge on any atom is -0.160 e. The van der Waals surface area contributed by atoms with Crippen LogP contribution in [0.15, 0.2) is 58.1 Å². The molecule has 0 saturated carbocycles. The maximum atomic E-state index is 3.69. The number of hydrogen-bond acceptors (Lipinski definition) is 0. The summed E-state index contributed by atoms with van der Waals surface area (Å²) < 4.78 is 3.96. The molecule has 0 bridgehead atoms. The lowest BCUT2D eigenvalue weighted by molar-refractivity contribution is -0.617. The van der Waals surface area contributed by atoms with Gasteiger partial charge in [-0.05, 0) is 108 Å². The number of aryl methyl sites for hydroxylation is 2. The fourth-order valence-electron chi connectivity index (χ4n) is 7.15. The van der Waals surface area contributed by atoms with Gasteiger partial charge in [0, 0.05) is 27.7 Å². The minimum atomic E-state index is 0.603. The number of allylic oxidation sites excluding steroid dienone is 4. The van der Waals surface area contributed by atoms with Crippen LogP contribution < -0.4 is 4.57 Å². The van der Waals surface area contributed by atoms with E-state index in [2.05, 4.69) is 63.0 Å². The number of hydrogen-bond donors (Lipinski definition) is 0. The van der Waals surface area contributed by atoms with E-state index >= 15 is 0 Å². The number of pyridine rings is 1. The second-order valence-electron chi connectivity index (χ2n) is 10.7. The van der Waals surface area contributed by atoms with Gasteiger partial charge in [-0.2, -0.15) is 4.57 Å². The molecule has 0 fully saturated rings. The molecule has 1 nitrogen and oxygen atoms in total. The molecule has 0 aliphatic heterocycles. The molecule has 1 aromatic carbocycles. The van der Waals surface area contributed by atoms with Gasteiger partial charge in [0.25, 0.3) is 0 Å².